The molecule has 3 rings (SSSR count). The van der Waals surface area contributed by atoms with E-state index in [9.17, 15) is 13.2 Å². The molecule has 1 aliphatic rings. The Balaban J connectivity index is 1.87. The Morgan fingerprint density at radius 2 is 1.32 bits per heavy atom. The van der Waals surface area contributed by atoms with Gasteiger partial charge in [0.05, 0.1) is 14.2 Å². The van der Waals surface area contributed by atoms with Gasteiger partial charge in [-0.25, -0.2) is 8.42 Å². The van der Waals surface area contributed by atoms with Crippen LogP contribution in [-0.4, -0.2) is 56.1 Å². The molecule has 2 aromatic carbocycles. The molecule has 2 aromatic rings. The standard InChI is InChI=1S/C23H30N2O5S/c1-18(23(26)24-14-4-5-15-24)31(27,28)25(16-19-6-10-21(29-2)11-7-19)17-20-8-12-22(30-3)13-9-20/h6-13,18H,4-5,14-17H2,1-3H3/t18-/m1/s1. The van der Waals surface area contributed by atoms with Gasteiger partial charge in [0.25, 0.3) is 0 Å². The second-order valence-electron chi connectivity index (χ2n) is 7.68. The fourth-order valence-corrected chi connectivity index (χ4v) is 5.16. The summed E-state index contributed by atoms with van der Waals surface area (Å²) in [6.07, 6.45) is 1.83. The molecule has 0 spiro atoms. The minimum atomic E-state index is -3.89. The zero-order chi connectivity index (χ0) is 22.4. The summed E-state index contributed by atoms with van der Waals surface area (Å²) in [5, 5.41) is -1.14. The molecule has 1 atom stereocenters. The van der Waals surface area contributed by atoms with Crippen LogP contribution in [0.25, 0.3) is 0 Å². The third-order valence-corrected chi connectivity index (χ3v) is 7.68. The normalized spacial score (nSPS) is 15.2. The van der Waals surface area contributed by atoms with Gasteiger partial charge >= 0.3 is 0 Å². The highest BCUT2D eigenvalue weighted by Crippen LogP contribution is 2.23. The summed E-state index contributed by atoms with van der Waals surface area (Å²) in [7, 11) is -0.717. The molecule has 0 aromatic heterocycles. The van der Waals surface area contributed by atoms with Crippen molar-refractivity contribution in [1.82, 2.24) is 9.21 Å². The molecule has 0 bridgehead atoms. The van der Waals surface area contributed by atoms with Gasteiger partial charge in [-0.2, -0.15) is 4.31 Å². The Hall–Kier alpha value is -2.58. The van der Waals surface area contributed by atoms with Crippen LogP contribution in [0.2, 0.25) is 0 Å². The van der Waals surface area contributed by atoms with E-state index in [1.54, 1.807) is 43.4 Å². The largest absolute Gasteiger partial charge is 0.497 e. The summed E-state index contributed by atoms with van der Waals surface area (Å²) in [5.74, 6) is 1.07. The summed E-state index contributed by atoms with van der Waals surface area (Å²) < 4.78 is 38.8. The van der Waals surface area contributed by atoms with Crippen molar-refractivity contribution in [1.29, 1.82) is 0 Å². The van der Waals surface area contributed by atoms with Crippen molar-refractivity contribution in [3.63, 3.8) is 0 Å². The summed E-state index contributed by atoms with van der Waals surface area (Å²) in [6.45, 7) is 3.06. The number of amides is 1. The molecular weight excluding hydrogens is 416 g/mol. The molecule has 1 saturated heterocycles. The van der Waals surface area contributed by atoms with Gasteiger partial charge in [0.2, 0.25) is 15.9 Å². The van der Waals surface area contributed by atoms with E-state index in [0.29, 0.717) is 24.6 Å². The highest BCUT2D eigenvalue weighted by Gasteiger charge is 2.37. The van der Waals surface area contributed by atoms with Crippen LogP contribution in [-0.2, 0) is 27.9 Å². The molecule has 1 aliphatic heterocycles. The molecule has 0 saturated carbocycles. The topological polar surface area (TPSA) is 76.1 Å². The number of benzene rings is 2. The molecule has 8 heteroatoms. The number of nitrogens with zero attached hydrogens (tertiary/aromatic N) is 2. The molecular formula is C23H30N2O5S. The number of hydrogen-bond acceptors (Lipinski definition) is 5. The van der Waals surface area contributed by atoms with Crippen LogP contribution < -0.4 is 9.47 Å². The van der Waals surface area contributed by atoms with Crippen LogP contribution in [0.3, 0.4) is 0 Å². The molecule has 0 radical (unpaired) electrons. The minimum Gasteiger partial charge on any atom is -0.497 e. The monoisotopic (exact) mass is 446 g/mol. The van der Waals surface area contributed by atoms with E-state index < -0.39 is 15.3 Å². The maximum absolute atomic E-state index is 13.5. The third kappa shape index (κ3) is 5.57. The average molecular weight is 447 g/mol. The molecule has 1 fully saturated rings. The molecule has 1 heterocycles. The first-order valence-electron chi connectivity index (χ1n) is 10.4. The zero-order valence-corrected chi connectivity index (χ0v) is 19.1. The number of ether oxygens (including phenoxy) is 2. The maximum Gasteiger partial charge on any atom is 0.242 e. The van der Waals surface area contributed by atoms with E-state index in [1.807, 2.05) is 24.3 Å². The summed E-state index contributed by atoms with van der Waals surface area (Å²) >= 11 is 0. The van der Waals surface area contributed by atoms with Crippen molar-refractivity contribution in [2.45, 2.75) is 38.1 Å². The van der Waals surface area contributed by atoms with Crippen LogP contribution in [0.1, 0.15) is 30.9 Å². The number of carbonyl (C=O) groups is 1. The molecule has 1 amide bonds. The first-order chi connectivity index (χ1) is 14.8. The smallest absolute Gasteiger partial charge is 0.242 e. The Kier molecular flexibility index (Phi) is 7.56. The van der Waals surface area contributed by atoms with Gasteiger partial charge in [-0.05, 0) is 55.2 Å². The first-order valence-corrected chi connectivity index (χ1v) is 11.9. The summed E-state index contributed by atoms with van der Waals surface area (Å²) in [4.78, 5) is 14.5. The van der Waals surface area contributed by atoms with E-state index in [4.69, 9.17) is 9.47 Å². The second kappa shape index (κ2) is 10.2. The van der Waals surface area contributed by atoms with Gasteiger partial charge in [-0.3, -0.25) is 4.79 Å². The Morgan fingerprint density at radius 1 is 0.903 bits per heavy atom. The van der Waals surface area contributed by atoms with Gasteiger partial charge in [-0.1, -0.05) is 24.3 Å². The third-order valence-electron chi connectivity index (χ3n) is 5.61. The van der Waals surface area contributed by atoms with E-state index >= 15 is 0 Å². The average Bonchev–Trinajstić information content (AvgIpc) is 3.33. The highest BCUT2D eigenvalue weighted by atomic mass is 32.2. The van der Waals surface area contributed by atoms with Gasteiger partial charge in [0, 0.05) is 26.2 Å². The summed E-state index contributed by atoms with van der Waals surface area (Å²) in [6, 6.07) is 14.5. The molecule has 0 aliphatic carbocycles. The highest BCUT2D eigenvalue weighted by molar-refractivity contribution is 7.90. The number of hydrogen-bond donors (Lipinski definition) is 0. The molecule has 7 nitrogen and oxygen atoms in total. The van der Waals surface area contributed by atoms with Crippen molar-refractivity contribution < 1.29 is 22.7 Å². The summed E-state index contributed by atoms with van der Waals surface area (Å²) in [5.41, 5.74) is 1.64. The van der Waals surface area contributed by atoms with Crippen molar-refractivity contribution in [3.8, 4) is 11.5 Å². The van der Waals surface area contributed by atoms with Gasteiger partial charge in [-0.15, -0.1) is 0 Å². The minimum absolute atomic E-state index is 0.163. The van der Waals surface area contributed by atoms with Crippen LogP contribution in [0.4, 0.5) is 0 Å². The van der Waals surface area contributed by atoms with Crippen molar-refractivity contribution >= 4 is 15.9 Å². The maximum atomic E-state index is 13.5. The van der Waals surface area contributed by atoms with Crippen molar-refractivity contribution in [2.24, 2.45) is 0 Å². The molecule has 31 heavy (non-hydrogen) atoms. The van der Waals surface area contributed by atoms with E-state index in [0.717, 1.165) is 24.0 Å². The van der Waals surface area contributed by atoms with E-state index in [2.05, 4.69) is 0 Å². The van der Waals surface area contributed by atoms with Crippen molar-refractivity contribution in [3.05, 3.63) is 59.7 Å². The first kappa shape index (κ1) is 23.1. The van der Waals surface area contributed by atoms with Crippen LogP contribution >= 0.6 is 0 Å². The lowest BCUT2D eigenvalue weighted by Gasteiger charge is -2.28. The van der Waals surface area contributed by atoms with E-state index in [1.165, 1.54) is 11.2 Å². The fourth-order valence-electron chi connectivity index (χ4n) is 3.65. The van der Waals surface area contributed by atoms with E-state index in [-0.39, 0.29) is 19.0 Å². The number of carbonyl (C=O) groups excluding carboxylic acids is 1. The second-order valence-corrected chi connectivity index (χ2v) is 9.94. The van der Waals surface area contributed by atoms with Crippen LogP contribution in [0.5, 0.6) is 11.5 Å². The number of likely N-dealkylation sites (tertiary alicyclic amines) is 1. The lowest BCUT2D eigenvalue weighted by atomic mass is 10.2. The quantitative estimate of drug-likeness (QED) is 0.592. The zero-order valence-electron chi connectivity index (χ0n) is 18.3. The lowest BCUT2D eigenvalue weighted by Crippen LogP contribution is -2.46. The Morgan fingerprint density at radius 3 is 1.71 bits per heavy atom. The van der Waals surface area contributed by atoms with Crippen molar-refractivity contribution in [2.75, 3.05) is 27.3 Å². The lowest BCUT2D eigenvalue weighted by molar-refractivity contribution is -0.129. The molecule has 0 N–H and O–H groups in total. The SMILES string of the molecule is COc1ccc(CN(Cc2ccc(OC)cc2)S(=O)(=O)[C@H](C)C(=O)N2CCCC2)cc1. The predicted octanol–water partition coefficient (Wildman–Crippen LogP) is 3.05. The number of rotatable bonds is 9. The van der Waals surface area contributed by atoms with Crippen LogP contribution in [0, 0.1) is 0 Å². The Labute approximate surface area is 184 Å². The Bertz CT molecular complexity index is 919. The predicted molar refractivity (Wildman–Crippen MR) is 119 cm³/mol. The van der Waals surface area contributed by atoms with Gasteiger partial charge < -0.3 is 14.4 Å². The van der Waals surface area contributed by atoms with Crippen LogP contribution in [0.15, 0.2) is 48.5 Å². The van der Waals surface area contributed by atoms with Gasteiger partial charge in [0.15, 0.2) is 5.25 Å². The molecule has 168 valence electrons. The number of sulfonamides is 1. The number of methoxy groups -OCH3 is 2. The fraction of sp³-hybridized carbons (Fsp3) is 0.435. The van der Waals surface area contributed by atoms with Gasteiger partial charge in [0.1, 0.15) is 11.5 Å². The molecule has 0 unspecified atom stereocenters.